The first kappa shape index (κ1) is 17.7. The first-order valence-electron chi connectivity index (χ1n) is 10.6. The quantitative estimate of drug-likeness (QED) is 0.748. The molecule has 3 saturated carbocycles. The molecule has 0 aromatic heterocycles. The van der Waals surface area contributed by atoms with Gasteiger partial charge in [-0.05, 0) is 81.2 Å². The average molecular weight is 322 g/mol. The van der Waals surface area contributed by atoms with Gasteiger partial charge in [-0.25, -0.2) is 0 Å². The second-order valence-electron chi connectivity index (χ2n) is 8.92. The predicted molar refractivity (Wildman–Crippen MR) is 97.4 cm³/mol. The summed E-state index contributed by atoms with van der Waals surface area (Å²) in [4.78, 5) is 0. The maximum absolute atomic E-state index is 9.75. The van der Waals surface area contributed by atoms with Gasteiger partial charge in [0, 0.05) is 6.61 Å². The van der Waals surface area contributed by atoms with Crippen molar-refractivity contribution in [3.63, 3.8) is 0 Å². The van der Waals surface area contributed by atoms with Gasteiger partial charge in [-0.1, -0.05) is 44.9 Å². The summed E-state index contributed by atoms with van der Waals surface area (Å²) in [5, 5.41) is 13.3. The van der Waals surface area contributed by atoms with Crippen molar-refractivity contribution in [1.82, 2.24) is 5.32 Å². The van der Waals surface area contributed by atoms with Gasteiger partial charge in [0.1, 0.15) is 0 Å². The molecule has 0 spiro atoms. The number of rotatable bonds is 6. The van der Waals surface area contributed by atoms with E-state index in [1.54, 1.807) is 0 Å². The molecule has 3 fully saturated rings. The first-order valence-corrected chi connectivity index (χ1v) is 10.6. The predicted octanol–water partition coefficient (Wildman–Crippen LogP) is 4.62. The van der Waals surface area contributed by atoms with Crippen molar-refractivity contribution < 1.29 is 5.11 Å². The number of aliphatic hydroxyl groups excluding tert-OH is 1. The second-order valence-corrected chi connectivity index (χ2v) is 8.92. The summed E-state index contributed by atoms with van der Waals surface area (Å²) < 4.78 is 0. The van der Waals surface area contributed by atoms with Gasteiger partial charge >= 0.3 is 0 Å². The molecule has 5 unspecified atom stereocenters. The highest BCUT2D eigenvalue weighted by Crippen LogP contribution is 2.46. The molecule has 134 valence electrons. The Bertz CT molecular complexity index is 345. The van der Waals surface area contributed by atoms with Gasteiger partial charge in [0.05, 0.1) is 0 Å². The molecule has 0 aromatic carbocycles. The van der Waals surface area contributed by atoms with E-state index in [-0.39, 0.29) is 0 Å². The summed E-state index contributed by atoms with van der Waals surface area (Å²) in [6, 6.07) is 0. The van der Waals surface area contributed by atoms with Crippen molar-refractivity contribution in [2.75, 3.05) is 20.2 Å². The highest BCUT2D eigenvalue weighted by atomic mass is 16.3. The van der Waals surface area contributed by atoms with Crippen molar-refractivity contribution in [2.45, 2.75) is 77.0 Å². The minimum atomic E-state index is 0.423. The van der Waals surface area contributed by atoms with E-state index >= 15 is 0 Å². The fourth-order valence-electron chi connectivity index (χ4n) is 6.27. The third-order valence-electron chi connectivity index (χ3n) is 7.62. The molecule has 0 aliphatic heterocycles. The number of aliphatic hydroxyl groups is 1. The van der Waals surface area contributed by atoms with Crippen molar-refractivity contribution >= 4 is 0 Å². The lowest BCUT2D eigenvalue weighted by Crippen LogP contribution is -2.36. The molecule has 2 heteroatoms. The molecule has 6 atom stereocenters. The Morgan fingerprint density at radius 3 is 2.30 bits per heavy atom. The van der Waals surface area contributed by atoms with E-state index in [4.69, 9.17) is 0 Å². The van der Waals surface area contributed by atoms with Crippen LogP contribution < -0.4 is 5.32 Å². The minimum absolute atomic E-state index is 0.423. The van der Waals surface area contributed by atoms with Gasteiger partial charge in [-0.2, -0.15) is 0 Å². The van der Waals surface area contributed by atoms with E-state index in [1.165, 1.54) is 83.6 Å². The summed E-state index contributed by atoms with van der Waals surface area (Å²) in [5.74, 6) is 5.28. The summed E-state index contributed by atoms with van der Waals surface area (Å²) in [6.07, 6.45) is 17.2. The van der Waals surface area contributed by atoms with Crippen molar-refractivity contribution in [3.8, 4) is 0 Å². The Morgan fingerprint density at radius 1 is 0.870 bits per heavy atom. The zero-order valence-corrected chi connectivity index (χ0v) is 15.3. The van der Waals surface area contributed by atoms with Crippen LogP contribution in [-0.2, 0) is 0 Å². The Morgan fingerprint density at radius 2 is 1.57 bits per heavy atom. The molecule has 0 amide bonds. The molecule has 0 saturated heterocycles. The van der Waals surface area contributed by atoms with E-state index in [2.05, 4.69) is 12.4 Å². The standard InChI is InChI=1S/C21H39NO/c1-22-14-21(13-18-8-4-5-9-20(18)15-23)19-11-10-16-6-2-3-7-17(16)12-19/h16-23H,2-15H2,1H3/t16?,17?,18?,19-,20?,21?/m0/s1. The minimum Gasteiger partial charge on any atom is -0.396 e. The summed E-state index contributed by atoms with van der Waals surface area (Å²) in [7, 11) is 2.13. The molecule has 3 rings (SSSR count). The SMILES string of the molecule is CNCC(CC1CCCCC1CO)[C@H]1CCC2CCCCC2C1. The zero-order valence-electron chi connectivity index (χ0n) is 15.3. The number of hydrogen-bond donors (Lipinski definition) is 2. The van der Waals surface area contributed by atoms with Crippen molar-refractivity contribution in [3.05, 3.63) is 0 Å². The molecule has 0 bridgehead atoms. The molecule has 0 heterocycles. The lowest BCUT2D eigenvalue weighted by Gasteiger charge is -2.43. The van der Waals surface area contributed by atoms with Gasteiger partial charge in [0.25, 0.3) is 0 Å². The Kier molecular flexibility index (Phi) is 6.83. The highest BCUT2D eigenvalue weighted by Gasteiger charge is 2.37. The molecule has 23 heavy (non-hydrogen) atoms. The maximum atomic E-state index is 9.75. The lowest BCUT2D eigenvalue weighted by molar-refractivity contribution is 0.0673. The third-order valence-corrected chi connectivity index (χ3v) is 7.62. The van der Waals surface area contributed by atoms with Gasteiger partial charge < -0.3 is 10.4 Å². The summed E-state index contributed by atoms with van der Waals surface area (Å²) in [6.45, 7) is 1.61. The van der Waals surface area contributed by atoms with Crippen LogP contribution >= 0.6 is 0 Å². The molecule has 3 aliphatic rings. The van der Waals surface area contributed by atoms with Crippen molar-refractivity contribution in [2.24, 2.45) is 35.5 Å². The molecule has 2 nitrogen and oxygen atoms in total. The zero-order chi connectivity index (χ0) is 16.1. The summed E-state index contributed by atoms with van der Waals surface area (Å²) >= 11 is 0. The molecule has 3 aliphatic carbocycles. The van der Waals surface area contributed by atoms with Gasteiger partial charge in [-0.3, -0.25) is 0 Å². The topological polar surface area (TPSA) is 32.3 Å². The third kappa shape index (κ3) is 4.51. The van der Waals surface area contributed by atoms with E-state index in [0.717, 1.165) is 29.6 Å². The van der Waals surface area contributed by atoms with Crippen LogP contribution in [0, 0.1) is 35.5 Å². The number of nitrogens with one attached hydrogen (secondary N) is 1. The second kappa shape index (κ2) is 8.85. The number of hydrogen-bond acceptors (Lipinski definition) is 2. The molecular formula is C21H39NO. The largest absolute Gasteiger partial charge is 0.396 e. The van der Waals surface area contributed by atoms with Crippen LogP contribution in [0.25, 0.3) is 0 Å². The van der Waals surface area contributed by atoms with Crippen LogP contribution in [0.1, 0.15) is 77.0 Å². The smallest absolute Gasteiger partial charge is 0.0461 e. The summed E-state index contributed by atoms with van der Waals surface area (Å²) in [5.41, 5.74) is 0. The van der Waals surface area contributed by atoms with Crippen LogP contribution in [0.4, 0.5) is 0 Å². The fourth-order valence-corrected chi connectivity index (χ4v) is 6.27. The lowest BCUT2D eigenvalue weighted by atomic mass is 9.63. The van der Waals surface area contributed by atoms with Gasteiger partial charge in [0.2, 0.25) is 0 Å². The van der Waals surface area contributed by atoms with E-state index in [0.29, 0.717) is 12.5 Å². The Hall–Kier alpha value is -0.0800. The Labute approximate surface area is 143 Å². The van der Waals surface area contributed by atoms with E-state index in [1.807, 2.05) is 0 Å². The average Bonchev–Trinajstić information content (AvgIpc) is 2.61. The van der Waals surface area contributed by atoms with Gasteiger partial charge in [0.15, 0.2) is 0 Å². The fraction of sp³-hybridized carbons (Fsp3) is 1.00. The van der Waals surface area contributed by atoms with Crippen LogP contribution in [0.5, 0.6) is 0 Å². The van der Waals surface area contributed by atoms with Gasteiger partial charge in [-0.15, -0.1) is 0 Å². The molecule has 0 radical (unpaired) electrons. The first-order chi connectivity index (χ1) is 11.3. The maximum Gasteiger partial charge on any atom is 0.0461 e. The molecular weight excluding hydrogens is 282 g/mol. The highest BCUT2D eigenvalue weighted by molar-refractivity contribution is 4.88. The Balaban J connectivity index is 1.59. The molecule has 2 N–H and O–H groups in total. The van der Waals surface area contributed by atoms with E-state index in [9.17, 15) is 5.11 Å². The van der Waals surface area contributed by atoms with Crippen molar-refractivity contribution in [1.29, 1.82) is 0 Å². The van der Waals surface area contributed by atoms with Crippen LogP contribution in [0.2, 0.25) is 0 Å². The van der Waals surface area contributed by atoms with Crippen LogP contribution in [0.15, 0.2) is 0 Å². The molecule has 0 aromatic rings. The number of fused-ring (bicyclic) bond motifs is 1. The monoisotopic (exact) mass is 321 g/mol. The van der Waals surface area contributed by atoms with E-state index < -0.39 is 0 Å². The van der Waals surface area contributed by atoms with Crippen LogP contribution in [-0.4, -0.2) is 25.3 Å². The normalized spacial score (nSPS) is 39.7. The van der Waals surface area contributed by atoms with Crippen LogP contribution in [0.3, 0.4) is 0 Å².